The minimum Gasteiger partial charge on any atom is -0.465 e. The number of hydrogen-bond donors (Lipinski definition) is 2. The smallest absolute Gasteiger partial charge is 0.465 e. The third-order valence-electron chi connectivity index (χ3n) is 10.3. The second-order valence-corrected chi connectivity index (χ2v) is 16.8. The number of amides is 1. The van der Waals surface area contributed by atoms with Crippen LogP contribution in [0.3, 0.4) is 0 Å². The third-order valence-corrected chi connectivity index (χ3v) is 10.3. The summed E-state index contributed by atoms with van der Waals surface area (Å²) in [5.41, 5.74) is 8.67. The van der Waals surface area contributed by atoms with Gasteiger partial charge in [0.25, 0.3) is 17.7 Å². The molecule has 402 valence electrons. The minimum absolute atomic E-state index is 0.0470. The lowest BCUT2D eigenvalue weighted by Crippen LogP contribution is -2.31. The number of methoxy groups -OCH3 is 1. The summed E-state index contributed by atoms with van der Waals surface area (Å²) in [5, 5.41) is 19.4. The number of aromatic nitrogens is 10. The van der Waals surface area contributed by atoms with Crippen molar-refractivity contribution in [1.29, 1.82) is 0 Å². The van der Waals surface area contributed by atoms with E-state index in [0.29, 0.717) is 53.5 Å². The van der Waals surface area contributed by atoms with E-state index in [9.17, 15) is 35.9 Å². The summed E-state index contributed by atoms with van der Waals surface area (Å²) in [6.07, 6.45) is -9.55. The summed E-state index contributed by atoms with van der Waals surface area (Å²) in [4.78, 5) is 45.4. The number of nitrogens with two attached hydrogens (primary N) is 1. The Morgan fingerprint density at radius 3 is 1.45 bits per heavy atom. The Hall–Kier alpha value is -8.56. The van der Waals surface area contributed by atoms with Crippen LogP contribution < -0.4 is 20.5 Å². The molecular weight excluding hydrogens is 1010 g/mol. The van der Waals surface area contributed by atoms with E-state index in [1.807, 2.05) is 45.2 Å². The normalized spacial score (nSPS) is 11.4. The molecule has 0 unspecified atom stereocenters. The van der Waals surface area contributed by atoms with E-state index in [-0.39, 0.29) is 52.5 Å². The van der Waals surface area contributed by atoms with Crippen molar-refractivity contribution in [3.63, 3.8) is 0 Å². The van der Waals surface area contributed by atoms with Crippen LogP contribution in [0.2, 0.25) is 0 Å². The molecule has 0 atom stereocenters. The molecule has 0 saturated heterocycles. The Labute approximate surface area is 430 Å². The number of nitrogens with zero attached hydrogens (tertiary/aromatic N) is 12. The number of aryl methyl sites for hydroxylation is 2. The zero-order valence-electron chi connectivity index (χ0n) is 42.0. The third kappa shape index (κ3) is 17.0. The molecule has 3 N–H and O–H groups in total. The summed E-state index contributed by atoms with van der Waals surface area (Å²) in [7, 11) is 9.20. The van der Waals surface area contributed by atoms with Crippen molar-refractivity contribution < 1.29 is 59.2 Å². The molecule has 0 aliphatic heterocycles. The van der Waals surface area contributed by atoms with Crippen molar-refractivity contribution in [2.24, 2.45) is 5.73 Å². The summed E-state index contributed by atoms with van der Waals surface area (Å²) in [6.45, 7) is 7.24. The van der Waals surface area contributed by atoms with Crippen LogP contribution in [-0.2, 0) is 17.8 Å². The largest absolute Gasteiger partial charge is 0.573 e. The van der Waals surface area contributed by atoms with Crippen LogP contribution in [0.5, 0.6) is 11.5 Å². The quantitative estimate of drug-likeness (QED) is 0.0683. The number of nitrogens with one attached hydrogen (secondary N) is 1. The molecule has 4 aromatic carbocycles. The van der Waals surface area contributed by atoms with Gasteiger partial charge in [-0.2, -0.15) is 9.97 Å². The summed E-state index contributed by atoms with van der Waals surface area (Å²) in [6, 6.07) is 24.3. The molecule has 4 heterocycles. The summed E-state index contributed by atoms with van der Waals surface area (Å²) >= 11 is 0. The van der Waals surface area contributed by atoms with E-state index in [0.717, 1.165) is 55.0 Å². The van der Waals surface area contributed by atoms with Gasteiger partial charge in [0.05, 0.1) is 25.8 Å². The van der Waals surface area contributed by atoms with Gasteiger partial charge in [-0.25, -0.2) is 24.1 Å². The van der Waals surface area contributed by atoms with Gasteiger partial charge in [0.2, 0.25) is 23.3 Å². The number of benzene rings is 4. The fourth-order valence-corrected chi connectivity index (χ4v) is 6.62. The molecule has 0 saturated carbocycles. The monoisotopic (exact) mass is 1060 g/mol. The molecule has 0 fully saturated rings. The molecule has 27 heteroatoms. The Morgan fingerprint density at radius 1 is 0.618 bits per heavy atom. The fraction of sp³-hybridized carbons (Fsp3) is 0.306. The Kier molecular flexibility index (Phi) is 19.1. The number of likely N-dealkylation sites (N-methyl/N-ethyl adjacent to an activating group) is 2. The van der Waals surface area contributed by atoms with Gasteiger partial charge in [0.15, 0.2) is 0 Å². The molecule has 0 aliphatic rings. The van der Waals surface area contributed by atoms with Crippen LogP contribution in [0.25, 0.3) is 46.2 Å². The number of carbonyl (C=O) groups excluding carboxylic acids is 2. The van der Waals surface area contributed by atoms with Crippen molar-refractivity contribution in [3.8, 4) is 57.7 Å². The molecule has 0 aliphatic carbocycles. The van der Waals surface area contributed by atoms with Crippen LogP contribution in [-0.4, -0.2) is 146 Å². The van der Waals surface area contributed by atoms with Crippen LogP contribution >= 0.6 is 0 Å². The van der Waals surface area contributed by atoms with E-state index in [4.69, 9.17) is 19.5 Å². The lowest BCUT2D eigenvalue weighted by atomic mass is 10.1. The SMILES string of the molecule is CN(C)CCN.COC(=O)c1cccc(Cn2nc(-c3nc(-c4ccc(OC(F)(F)F)cc4)no3)nc2C)c1.Cc1nc(-c2nc(-c3ccc(OC(F)(F)F)cc3)no2)nn1Cc1cccc(C(=O)NCCN(C)C)c1. The predicted octanol–water partition coefficient (Wildman–Crippen LogP) is 7.09. The average Bonchev–Trinajstić information content (AvgIpc) is 4.20. The predicted molar refractivity (Wildman–Crippen MR) is 261 cm³/mol. The van der Waals surface area contributed by atoms with E-state index < -0.39 is 18.7 Å². The van der Waals surface area contributed by atoms with E-state index in [1.54, 1.807) is 59.6 Å². The molecule has 8 rings (SSSR count). The molecule has 8 aromatic rings. The van der Waals surface area contributed by atoms with Gasteiger partial charge in [0.1, 0.15) is 23.1 Å². The Balaban J connectivity index is 0.000000224. The van der Waals surface area contributed by atoms with Gasteiger partial charge >= 0.3 is 18.7 Å². The minimum atomic E-state index is -4.77. The number of hydrogen-bond acceptors (Lipinski definition) is 18. The molecule has 76 heavy (non-hydrogen) atoms. The van der Waals surface area contributed by atoms with Gasteiger partial charge in [-0.05, 0) is 126 Å². The second-order valence-electron chi connectivity index (χ2n) is 16.8. The number of esters is 1. The van der Waals surface area contributed by atoms with Crippen molar-refractivity contribution in [3.05, 3.63) is 131 Å². The molecule has 0 bridgehead atoms. The van der Waals surface area contributed by atoms with Crippen LogP contribution in [0.4, 0.5) is 26.3 Å². The number of ether oxygens (including phenoxy) is 3. The summed E-state index contributed by atoms with van der Waals surface area (Å²) in [5.74, 6) is 0.657. The lowest BCUT2D eigenvalue weighted by Gasteiger charge is -2.11. The second kappa shape index (κ2) is 25.6. The van der Waals surface area contributed by atoms with Crippen molar-refractivity contribution in [2.45, 2.75) is 39.7 Å². The highest BCUT2D eigenvalue weighted by atomic mass is 19.4. The highest BCUT2D eigenvalue weighted by Gasteiger charge is 2.32. The van der Waals surface area contributed by atoms with Crippen molar-refractivity contribution >= 4 is 11.9 Å². The van der Waals surface area contributed by atoms with Gasteiger partial charge in [-0.1, -0.05) is 34.6 Å². The van der Waals surface area contributed by atoms with E-state index in [2.05, 4.69) is 60.1 Å². The first kappa shape index (κ1) is 56.7. The molecule has 1 amide bonds. The van der Waals surface area contributed by atoms with Crippen LogP contribution in [0.15, 0.2) is 106 Å². The number of alkyl halides is 6. The van der Waals surface area contributed by atoms with E-state index in [1.165, 1.54) is 31.4 Å². The van der Waals surface area contributed by atoms with E-state index >= 15 is 0 Å². The maximum atomic E-state index is 12.4. The zero-order valence-corrected chi connectivity index (χ0v) is 42.0. The van der Waals surface area contributed by atoms with Gasteiger partial charge in [-0.15, -0.1) is 36.5 Å². The molecule has 0 spiro atoms. The Morgan fingerprint density at radius 2 is 1.05 bits per heavy atom. The molecule has 21 nitrogen and oxygen atoms in total. The first-order chi connectivity index (χ1) is 36.1. The van der Waals surface area contributed by atoms with Crippen LogP contribution in [0, 0.1) is 13.8 Å². The van der Waals surface area contributed by atoms with Gasteiger partial charge < -0.3 is 44.1 Å². The standard InChI is InChI=1S/C24H24F3N7O3.C21H16F3N5O4.C4H12N2/c1-15-29-21(23-30-20(32-37-23)17-7-9-19(10-8-17)36-24(25,26)27)31-34(15)14-16-5-4-6-18(13-16)22(35)28-11-12-33(2)3;1-12-25-18(27-29(12)11-13-4-3-5-15(10-13)20(30)31-2)19-26-17(28-33-19)14-6-8-16(9-7-14)32-21(22,23)24;1-6(2)4-3-5/h4-10,13H,11-12,14H2,1-3H3,(H,28,35);3-10H,11H2,1-2H3;3-5H2,1-2H3. The van der Waals surface area contributed by atoms with Crippen molar-refractivity contribution in [1.82, 2.24) is 64.9 Å². The maximum absolute atomic E-state index is 12.4. The number of carbonyl (C=O) groups is 2. The van der Waals surface area contributed by atoms with Crippen LogP contribution in [0.1, 0.15) is 43.5 Å². The molecule has 4 aromatic heterocycles. The highest BCUT2D eigenvalue weighted by Crippen LogP contribution is 2.28. The molecular formula is C49H52F6N14O7. The first-order valence-electron chi connectivity index (χ1n) is 22.8. The maximum Gasteiger partial charge on any atom is 0.573 e. The van der Waals surface area contributed by atoms with Gasteiger partial charge in [0, 0.05) is 42.9 Å². The Bertz CT molecular complexity index is 3150. The lowest BCUT2D eigenvalue weighted by molar-refractivity contribution is -0.275. The topological polar surface area (TPSA) is 246 Å². The molecule has 0 radical (unpaired) electrons. The number of rotatable bonds is 17. The zero-order chi connectivity index (χ0) is 55.2. The van der Waals surface area contributed by atoms with Crippen molar-refractivity contribution in [2.75, 3.05) is 61.5 Å². The van der Waals surface area contributed by atoms with Gasteiger partial charge in [-0.3, -0.25) is 4.79 Å². The first-order valence-corrected chi connectivity index (χ1v) is 22.8. The average molecular weight is 1060 g/mol. The fourth-order valence-electron chi connectivity index (χ4n) is 6.62. The summed E-state index contributed by atoms with van der Waals surface area (Å²) < 4.78 is 100. The highest BCUT2D eigenvalue weighted by molar-refractivity contribution is 5.94. The number of halogens is 6.